The minimum Gasteiger partial charge on any atom is -0.497 e. The summed E-state index contributed by atoms with van der Waals surface area (Å²) in [4.78, 5) is 11.6. The van der Waals surface area contributed by atoms with Crippen LogP contribution in [0.25, 0.3) is 5.82 Å². The summed E-state index contributed by atoms with van der Waals surface area (Å²) in [6.45, 7) is 5.43. The van der Waals surface area contributed by atoms with Gasteiger partial charge in [-0.15, -0.1) is 0 Å². The van der Waals surface area contributed by atoms with Gasteiger partial charge in [-0.05, 0) is 44.0 Å². The number of rotatable bonds is 4. The average Bonchev–Trinajstić information content (AvgIpc) is 3.29. The second kappa shape index (κ2) is 6.44. The molecule has 1 aromatic carbocycles. The van der Waals surface area contributed by atoms with E-state index < -0.39 is 0 Å². The SMILES string of the molecule is COc1cccc(C2CCN(c3nccc(-n4cccn4)n3)C2(C)C)c1. The lowest BCUT2D eigenvalue weighted by Crippen LogP contribution is -2.42. The number of hydrogen-bond donors (Lipinski definition) is 0. The number of ether oxygens (including phenoxy) is 1. The maximum Gasteiger partial charge on any atom is 0.227 e. The smallest absolute Gasteiger partial charge is 0.227 e. The molecule has 26 heavy (non-hydrogen) atoms. The van der Waals surface area contributed by atoms with E-state index in [0.717, 1.165) is 30.5 Å². The summed E-state index contributed by atoms with van der Waals surface area (Å²) < 4.78 is 7.16. The van der Waals surface area contributed by atoms with E-state index in [0.29, 0.717) is 5.92 Å². The van der Waals surface area contributed by atoms with Gasteiger partial charge in [-0.1, -0.05) is 12.1 Å². The first kappa shape index (κ1) is 16.6. The summed E-state index contributed by atoms with van der Waals surface area (Å²) >= 11 is 0. The van der Waals surface area contributed by atoms with Gasteiger partial charge in [0.1, 0.15) is 5.75 Å². The second-order valence-electron chi connectivity index (χ2n) is 7.09. The average molecular weight is 349 g/mol. The first-order chi connectivity index (χ1) is 12.6. The number of nitrogens with zero attached hydrogens (tertiary/aromatic N) is 5. The highest BCUT2D eigenvalue weighted by molar-refractivity contribution is 5.44. The first-order valence-corrected chi connectivity index (χ1v) is 8.84. The molecule has 1 atom stereocenters. The van der Waals surface area contributed by atoms with E-state index in [1.165, 1.54) is 5.56 Å². The van der Waals surface area contributed by atoms with E-state index in [-0.39, 0.29) is 5.54 Å². The molecular weight excluding hydrogens is 326 g/mol. The molecule has 6 heteroatoms. The van der Waals surface area contributed by atoms with Crippen LogP contribution in [0.1, 0.15) is 31.7 Å². The van der Waals surface area contributed by atoms with Crippen molar-refractivity contribution >= 4 is 5.95 Å². The Hall–Kier alpha value is -2.89. The first-order valence-electron chi connectivity index (χ1n) is 8.84. The number of anilines is 1. The van der Waals surface area contributed by atoms with E-state index in [9.17, 15) is 0 Å². The molecule has 6 nitrogen and oxygen atoms in total. The summed E-state index contributed by atoms with van der Waals surface area (Å²) in [5.41, 5.74) is 1.19. The van der Waals surface area contributed by atoms with Crippen LogP contribution >= 0.6 is 0 Å². The van der Waals surface area contributed by atoms with Crippen LogP contribution in [0.2, 0.25) is 0 Å². The van der Waals surface area contributed by atoms with Crippen LogP contribution in [-0.4, -0.2) is 38.9 Å². The molecule has 0 radical (unpaired) electrons. The molecule has 1 aliphatic heterocycles. The van der Waals surface area contributed by atoms with Crippen molar-refractivity contribution in [1.29, 1.82) is 0 Å². The van der Waals surface area contributed by atoms with Gasteiger partial charge in [-0.25, -0.2) is 9.67 Å². The monoisotopic (exact) mass is 349 g/mol. The zero-order valence-corrected chi connectivity index (χ0v) is 15.3. The van der Waals surface area contributed by atoms with E-state index in [4.69, 9.17) is 9.72 Å². The van der Waals surface area contributed by atoms with Crippen molar-refractivity contribution in [2.45, 2.75) is 31.7 Å². The standard InChI is InChI=1S/C20H23N5O/c1-20(2)17(15-6-4-7-16(14-15)26-3)9-13-24(20)19-21-11-8-18(23-19)25-12-5-10-22-25/h4-8,10-12,14,17H,9,13H2,1-3H3. The maximum atomic E-state index is 5.40. The predicted molar refractivity (Wildman–Crippen MR) is 101 cm³/mol. The van der Waals surface area contributed by atoms with Crippen LogP contribution in [0.3, 0.4) is 0 Å². The summed E-state index contributed by atoms with van der Waals surface area (Å²) in [5.74, 6) is 2.80. The molecular formula is C20H23N5O. The Morgan fingerprint density at radius 1 is 1.15 bits per heavy atom. The van der Waals surface area contributed by atoms with Crippen LogP contribution in [-0.2, 0) is 0 Å². The molecule has 0 bridgehead atoms. The van der Waals surface area contributed by atoms with Crippen molar-refractivity contribution in [2.24, 2.45) is 0 Å². The topological polar surface area (TPSA) is 56.1 Å². The van der Waals surface area contributed by atoms with Crippen molar-refractivity contribution in [3.05, 3.63) is 60.6 Å². The zero-order valence-electron chi connectivity index (χ0n) is 15.3. The van der Waals surface area contributed by atoms with Gasteiger partial charge in [0.2, 0.25) is 5.95 Å². The number of hydrogen-bond acceptors (Lipinski definition) is 5. The van der Waals surface area contributed by atoms with Crippen LogP contribution in [0.4, 0.5) is 5.95 Å². The molecule has 134 valence electrons. The van der Waals surface area contributed by atoms with Gasteiger partial charge in [0, 0.05) is 42.7 Å². The Morgan fingerprint density at radius 3 is 2.81 bits per heavy atom. The van der Waals surface area contributed by atoms with Gasteiger partial charge in [0.05, 0.1) is 7.11 Å². The molecule has 0 saturated carbocycles. The van der Waals surface area contributed by atoms with Gasteiger partial charge < -0.3 is 9.64 Å². The van der Waals surface area contributed by atoms with Crippen LogP contribution in [0, 0.1) is 0 Å². The molecule has 1 unspecified atom stereocenters. The minimum atomic E-state index is -0.102. The molecule has 3 aromatic rings. The van der Waals surface area contributed by atoms with Gasteiger partial charge >= 0.3 is 0 Å². The summed E-state index contributed by atoms with van der Waals surface area (Å²) in [6.07, 6.45) is 6.49. The summed E-state index contributed by atoms with van der Waals surface area (Å²) in [6, 6.07) is 12.1. The molecule has 4 rings (SSSR count). The number of benzene rings is 1. The third-order valence-corrected chi connectivity index (χ3v) is 5.29. The Morgan fingerprint density at radius 2 is 2.04 bits per heavy atom. The fourth-order valence-electron chi connectivity index (χ4n) is 3.88. The number of methoxy groups -OCH3 is 1. The highest BCUT2D eigenvalue weighted by Crippen LogP contribution is 2.43. The van der Waals surface area contributed by atoms with E-state index in [1.54, 1.807) is 24.2 Å². The third-order valence-electron chi connectivity index (χ3n) is 5.29. The van der Waals surface area contributed by atoms with Crippen molar-refractivity contribution in [1.82, 2.24) is 19.7 Å². The van der Waals surface area contributed by atoms with Gasteiger partial charge in [0.15, 0.2) is 5.82 Å². The van der Waals surface area contributed by atoms with Crippen LogP contribution < -0.4 is 9.64 Å². The highest BCUT2D eigenvalue weighted by Gasteiger charge is 2.43. The molecule has 2 aromatic heterocycles. The lowest BCUT2D eigenvalue weighted by atomic mass is 9.83. The molecule has 3 heterocycles. The fourth-order valence-corrected chi connectivity index (χ4v) is 3.88. The lowest BCUT2D eigenvalue weighted by Gasteiger charge is -2.36. The highest BCUT2D eigenvalue weighted by atomic mass is 16.5. The van der Waals surface area contributed by atoms with Crippen LogP contribution in [0.5, 0.6) is 5.75 Å². The zero-order chi connectivity index (χ0) is 18.1. The quantitative estimate of drug-likeness (QED) is 0.722. The Kier molecular flexibility index (Phi) is 4.11. The van der Waals surface area contributed by atoms with E-state index in [2.05, 4.69) is 47.0 Å². The summed E-state index contributed by atoms with van der Waals surface area (Å²) in [5, 5.41) is 4.27. The van der Waals surface area contributed by atoms with E-state index >= 15 is 0 Å². The summed E-state index contributed by atoms with van der Waals surface area (Å²) in [7, 11) is 1.71. The molecule has 0 spiro atoms. The largest absolute Gasteiger partial charge is 0.497 e. The Labute approximate surface area is 153 Å². The molecule has 0 aliphatic carbocycles. The van der Waals surface area contributed by atoms with E-state index in [1.807, 2.05) is 24.4 Å². The minimum absolute atomic E-state index is 0.102. The predicted octanol–water partition coefficient (Wildman–Crippen LogP) is 3.44. The molecule has 1 aliphatic rings. The van der Waals surface area contributed by atoms with Gasteiger partial charge in [0.25, 0.3) is 0 Å². The second-order valence-corrected chi connectivity index (χ2v) is 7.09. The number of aromatic nitrogens is 4. The normalized spacial score (nSPS) is 18.9. The maximum absolute atomic E-state index is 5.40. The van der Waals surface area contributed by atoms with Crippen molar-refractivity contribution in [2.75, 3.05) is 18.6 Å². The van der Waals surface area contributed by atoms with Crippen molar-refractivity contribution in [3.63, 3.8) is 0 Å². The van der Waals surface area contributed by atoms with Gasteiger partial charge in [-0.2, -0.15) is 10.1 Å². The third kappa shape index (κ3) is 2.81. The van der Waals surface area contributed by atoms with Crippen molar-refractivity contribution in [3.8, 4) is 11.6 Å². The molecule has 0 amide bonds. The lowest BCUT2D eigenvalue weighted by molar-refractivity contribution is 0.410. The fraction of sp³-hybridized carbons (Fsp3) is 0.350. The van der Waals surface area contributed by atoms with Gasteiger partial charge in [-0.3, -0.25) is 0 Å². The van der Waals surface area contributed by atoms with Crippen molar-refractivity contribution < 1.29 is 4.74 Å². The Bertz CT molecular complexity index is 891. The molecule has 1 fully saturated rings. The molecule has 1 saturated heterocycles. The van der Waals surface area contributed by atoms with Crippen LogP contribution in [0.15, 0.2) is 55.0 Å². The molecule has 0 N–H and O–H groups in total. The Balaban J connectivity index is 1.65.